The summed E-state index contributed by atoms with van der Waals surface area (Å²) in [5.41, 5.74) is -0.342. The minimum absolute atomic E-state index is 0.0948. The van der Waals surface area contributed by atoms with Gasteiger partial charge < -0.3 is 5.32 Å². The van der Waals surface area contributed by atoms with Crippen molar-refractivity contribution >= 4 is 18.5 Å². The lowest BCUT2D eigenvalue weighted by Crippen LogP contribution is -2.33. The first-order chi connectivity index (χ1) is 5.15. The highest BCUT2D eigenvalue weighted by Gasteiger charge is 2.43. The Morgan fingerprint density at radius 3 is 3.00 bits per heavy atom. The third-order valence-electron chi connectivity index (χ3n) is 2.43. The largest absolute Gasteiger partial charge is 0.355 e. The molecule has 1 N–H and O–H groups in total. The van der Waals surface area contributed by atoms with Gasteiger partial charge in [0.25, 0.3) is 0 Å². The van der Waals surface area contributed by atoms with Crippen molar-refractivity contribution in [2.24, 2.45) is 11.3 Å². The summed E-state index contributed by atoms with van der Waals surface area (Å²) in [6.07, 6.45) is 1.83. The molecule has 1 rings (SSSR count). The van der Waals surface area contributed by atoms with Crippen molar-refractivity contribution in [3.8, 4) is 0 Å². The fourth-order valence-electron chi connectivity index (χ4n) is 1.33. The van der Waals surface area contributed by atoms with E-state index in [0.717, 1.165) is 0 Å². The maximum absolute atomic E-state index is 11.3. The third-order valence-corrected chi connectivity index (χ3v) is 3.09. The highest BCUT2D eigenvalue weighted by molar-refractivity contribution is 7.80. The Morgan fingerprint density at radius 1 is 2.00 bits per heavy atom. The van der Waals surface area contributed by atoms with Crippen LogP contribution in [-0.4, -0.2) is 18.2 Å². The molecule has 0 bridgehead atoms. The predicted molar refractivity (Wildman–Crippen MR) is 48.7 cm³/mol. The van der Waals surface area contributed by atoms with Crippen molar-refractivity contribution in [3.05, 3.63) is 12.7 Å². The van der Waals surface area contributed by atoms with Crippen molar-refractivity contribution in [3.63, 3.8) is 0 Å². The molecular weight excluding hydrogens is 158 g/mol. The number of hydrogen-bond donors (Lipinski definition) is 2. The Kier molecular flexibility index (Phi) is 2.28. The normalized spacial score (nSPS) is 36.9. The van der Waals surface area contributed by atoms with Gasteiger partial charge in [-0.3, -0.25) is 4.79 Å². The fourth-order valence-corrected chi connectivity index (χ4v) is 1.71. The Labute approximate surface area is 72.5 Å². The Bertz CT molecular complexity index is 193. The average Bonchev–Trinajstić information content (AvgIpc) is 2.30. The van der Waals surface area contributed by atoms with Gasteiger partial charge in [-0.2, -0.15) is 12.6 Å². The van der Waals surface area contributed by atoms with Crippen molar-refractivity contribution in [1.82, 2.24) is 5.32 Å². The second-order valence-corrected chi connectivity index (χ2v) is 3.44. The molecule has 0 aliphatic carbocycles. The van der Waals surface area contributed by atoms with Crippen LogP contribution in [0.5, 0.6) is 0 Å². The number of nitrogens with one attached hydrogen (secondary N) is 1. The average molecular weight is 171 g/mol. The lowest BCUT2D eigenvalue weighted by molar-refractivity contribution is -0.126. The second-order valence-electron chi connectivity index (χ2n) is 3.13. The molecule has 0 saturated carbocycles. The zero-order valence-electron chi connectivity index (χ0n) is 6.63. The number of hydrogen-bond acceptors (Lipinski definition) is 2. The van der Waals surface area contributed by atoms with E-state index in [1.165, 1.54) is 0 Å². The topological polar surface area (TPSA) is 29.1 Å². The molecule has 0 aromatic rings. The maximum Gasteiger partial charge on any atom is 0.227 e. The molecule has 1 aliphatic heterocycles. The smallest absolute Gasteiger partial charge is 0.227 e. The Hall–Kier alpha value is -0.440. The summed E-state index contributed by atoms with van der Waals surface area (Å²) in [5.74, 6) is 0.903. The molecule has 2 nitrogen and oxygen atoms in total. The minimum atomic E-state index is -0.342. The fraction of sp³-hybridized carbons (Fsp3) is 0.625. The number of thiol groups is 1. The zero-order chi connectivity index (χ0) is 8.48. The van der Waals surface area contributed by atoms with E-state index in [1.54, 1.807) is 0 Å². The highest BCUT2D eigenvalue weighted by atomic mass is 32.1. The number of carbonyl (C=O) groups excluding carboxylic acids is 1. The summed E-state index contributed by atoms with van der Waals surface area (Å²) in [4.78, 5) is 11.3. The summed E-state index contributed by atoms with van der Waals surface area (Å²) in [6.45, 7) is 6.33. The van der Waals surface area contributed by atoms with E-state index >= 15 is 0 Å². The van der Waals surface area contributed by atoms with Gasteiger partial charge in [0.05, 0.1) is 5.41 Å². The Morgan fingerprint density at radius 2 is 2.64 bits per heavy atom. The first kappa shape index (κ1) is 8.65. The summed E-state index contributed by atoms with van der Waals surface area (Å²) in [7, 11) is 0. The number of carbonyl (C=O) groups is 1. The molecule has 11 heavy (non-hydrogen) atoms. The number of rotatable bonds is 2. The van der Waals surface area contributed by atoms with E-state index < -0.39 is 0 Å². The molecule has 0 radical (unpaired) electrons. The van der Waals surface area contributed by atoms with Crippen LogP contribution in [0.1, 0.15) is 6.92 Å². The summed E-state index contributed by atoms with van der Waals surface area (Å²) >= 11 is 4.17. The molecule has 1 fully saturated rings. The van der Waals surface area contributed by atoms with Crippen LogP contribution < -0.4 is 5.32 Å². The van der Waals surface area contributed by atoms with Crippen LogP contribution in [0.25, 0.3) is 0 Å². The molecule has 2 unspecified atom stereocenters. The molecule has 2 atom stereocenters. The van der Waals surface area contributed by atoms with E-state index in [0.29, 0.717) is 12.3 Å². The first-order valence-corrected chi connectivity index (χ1v) is 4.30. The van der Waals surface area contributed by atoms with Crippen molar-refractivity contribution in [1.29, 1.82) is 0 Å². The van der Waals surface area contributed by atoms with Crippen LogP contribution in [0.2, 0.25) is 0 Å². The molecule has 62 valence electrons. The van der Waals surface area contributed by atoms with Gasteiger partial charge in [0.1, 0.15) is 0 Å². The third kappa shape index (κ3) is 1.18. The first-order valence-electron chi connectivity index (χ1n) is 3.67. The molecule has 0 aromatic heterocycles. The van der Waals surface area contributed by atoms with Crippen LogP contribution in [0.3, 0.4) is 0 Å². The van der Waals surface area contributed by atoms with Gasteiger partial charge >= 0.3 is 0 Å². The molecule has 1 aliphatic rings. The lowest BCUT2D eigenvalue weighted by atomic mass is 9.81. The highest BCUT2D eigenvalue weighted by Crippen LogP contribution is 2.33. The van der Waals surface area contributed by atoms with Crippen LogP contribution in [0.4, 0.5) is 0 Å². The molecule has 1 amide bonds. The molecule has 0 aromatic carbocycles. The van der Waals surface area contributed by atoms with Crippen molar-refractivity contribution in [2.45, 2.75) is 6.92 Å². The van der Waals surface area contributed by atoms with Crippen LogP contribution >= 0.6 is 12.6 Å². The molecule has 1 heterocycles. The van der Waals surface area contributed by atoms with Crippen molar-refractivity contribution in [2.75, 3.05) is 12.3 Å². The van der Waals surface area contributed by atoms with Gasteiger partial charge in [-0.25, -0.2) is 0 Å². The molecular formula is C8H13NOS. The summed E-state index contributed by atoms with van der Waals surface area (Å²) < 4.78 is 0. The molecule has 1 saturated heterocycles. The van der Waals surface area contributed by atoms with Crippen LogP contribution in [0, 0.1) is 11.3 Å². The van der Waals surface area contributed by atoms with Gasteiger partial charge in [0.2, 0.25) is 5.91 Å². The second kappa shape index (κ2) is 2.89. The van der Waals surface area contributed by atoms with Crippen LogP contribution in [-0.2, 0) is 4.79 Å². The SMILES string of the molecule is C=CC1CNC(=O)C1(C)CS. The maximum atomic E-state index is 11.3. The lowest BCUT2D eigenvalue weighted by Gasteiger charge is -2.23. The standard InChI is InChI=1S/C8H13NOS/c1-3-6-4-9-7(10)8(6,2)5-11/h3,6,11H,1,4-5H2,2H3,(H,9,10). The molecule has 0 spiro atoms. The van der Waals surface area contributed by atoms with Gasteiger partial charge in [0, 0.05) is 18.2 Å². The van der Waals surface area contributed by atoms with E-state index in [1.807, 2.05) is 13.0 Å². The monoisotopic (exact) mass is 171 g/mol. The van der Waals surface area contributed by atoms with E-state index in [4.69, 9.17) is 0 Å². The number of amides is 1. The zero-order valence-corrected chi connectivity index (χ0v) is 7.53. The summed E-state index contributed by atoms with van der Waals surface area (Å²) in [5, 5.41) is 2.80. The summed E-state index contributed by atoms with van der Waals surface area (Å²) in [6, 6.07) is 0. The van der Waals surface area contributed by atoms with Gasteiger partial charge in [-0.05, 0) is 6.92 Å². The van der Waals surface area contributed by atoms with E-state index in [9.17, 15) is 4.79 Å². The van der Waals surface area contributed by atoms with E-state index in [2.05, 4.69) is 24.5 Å². The Balaban J connectivity index is 2.86. The van der Waals surface area contributed by atoms with Gasteiger partial charge in [-0.1, -0.05) is 6.08 Å². The van der Waals surface area contributed by atoms with Crippen LogP contribution in [0.15, 0.2) is 12.7 Å². The van der Waals surface area contributed by atoms with E-state index in [-0.39, 0.29) is 17.2 Å². The predicted octanol–water partition coefficient (Wildman–Crippen LogP) is 0.855. The van der Waals surface area contributed by atoms with Gasteiger partial charge in [0.15, 0.2) is 0 Å². The quantitative estimate of drug-likeness (QED) is 0.468. The van der Waals surface area contributed by atoms with Gasteiger partial charge in [-0.15, -0.1) is 6.58 Å². The molecule has 3 heteroatoms. The van der Waals surface area contributed by atoms with Crippen molar-refractivity contribution < 1.29 is 4.79 Å². The minimum Gasteiger partial charge on any atom is -0.355 e.